The maximum atomic E-state index is 6.09. The first-order valence-corrected chi connectivity index (χ1v) is 8.71. The van der Waals surface area contributed by atoms with Crippen LogP contribution in [0.25, 0.3) is 0 Å². The Morgan fingerprint density at radius 3 is 2.62 bits per heavy atom. The van der Waals surface area contributed by atoms with Crippen molar-refractivity contribution in [3.8, 4) is 0 Å². The van der Waals surface area contributed by atoms with Crippen LogP contribution < -0.4 is 15.1 Å². The minimum atomic E-state index is 0.584. The molecule has 2 aromatic heterocycles. The predicted molar refractivity (Wildman–Crippen MR) is 100 cm³/mol. The fourth-order valence-electron chi connectivity index (χ4n) is 2.88. The van der Waals surface area contributed by atoms with Gasteiger partial charge in [0.05, 0.1) is 6.20 Å². The standard InChI is InChI=1S/C17H18ClN7O/c1-12-9-15(23-26-12)20-16-11-19-22-17(21-16)25-7-5-24(6-8-25)14-4-2-3-13(18)10-14/h2-4,9-11H,5-8H2,1H3,(H,20,21,22,23). The fourth-order valence-corrected chi connectivity index (χ4v) is 3.07. The van der Waals surface area contributed by atoms with Crippen LogP contribution in [0.5, 0.6) is 0 Å². The summed E-state index contributed by atoms with van der Waals surface area (Å²) in [7, 11) is 0. The molecular weight excluding hydrogens is 354 g/mol. The van der Waals surface area contributed by atoms with Crippen molar-refractivity contribution in [3.05, 3.63) is 47.3 Å². The zero-order chi connectivity index (χ0) is 17.9. The molecule has 0 spiro atoms. The first kappa shape index (κ1) is 16.6. The Morgan fingerprint density at radius 1 is 1.08 bits per heavy atom. The van der Waals surface area contributed by atoms with Crippen LogP contribution in [0.15, 0.2) is 41.1 Å². The van der Waals surface area contributed by atoms with Crippen molar-refractivity contribution in [2.75, 3.05) is 41.3 Å². The molecule has 0 saturated carbocycles. The quantitative estimate of drug-likeness (QED) is 0.749. The van der Waals surface area contributed by atoms with Gasteiger partial charge in [0.25, 0.3) is 0 Å². The number of anilines is 4. The number of rotatable bonds is 4. The van der Waals surface area contributed by atoms with Crippen LogP contribution in [0.1, 0.15) is 5.76 Å². The van der Waals surface area contributed by atoms with Gasteiger partial charge in [0.15, 0.2) is 11.6 Å². The van der Waals surface area contributed by atoms with E-state index in [0.717, 1.165) is 42.6 Å². The van der Waals surface area contributed by atoms with Crippen molar-refractivity contribution in [3.63, 3.8) is 0 Å². The number of nitrogens with one attached hydrogen (secondary N) is 1. The highest BCUT2D eigenvalue weighted by atomic mass is 35.5. The molecule has 1 aliphatic rings. The Morgan fingerprint density at radius 2 is 1.88 bits per heavy atom. The van der Waals surface area contributed by atoms with Crippen molar-refractivity contribution in [1.82, 2.24) is 20.3 Å². The summed E-state index contributed by atoms with van der Waals surface area (Å²) in [5, 5.41) is 15.9. The summed E-state index contributed by atoms with van der Waals surface area (Å²) in [4.78, 5) is 8.95. The molecule has 26 heavy (non-hydrogen) atoms. The van der Waals surface area contributed by atoms with Crippen molar-refractivity contribution in [2.45, 2.75) is 6.92 Å². The second-order valence-electron chi connectivity index (χ2n) is 6.04. The maximum Gasteiger partial charge on any atom is 0.247 e. The molecule has 1 N–H and O–H groups in total. The lowest BCUT2D eigenvalue weighted by Crippen LogP contribution is -2.47. The number of nitrogens with zero attached hydrogens (tertiary/aromatic N) is 6. The number of halogens is 1. The molecule has 1 saturated heterocycles. The van der Waals surface area contributed by atoms with Crippen molar-refractivity contribution < 1.29 is 4.52 Å². The molecule has 0 aliphatic carbocycles. The summed E-state index contributed by atoms with van der Waals surface area (Å²) in [6.07, 6.45) is 1.57. The summed E-state index contributed by atoms with van der Waals surface area (Å²) in [6, 6.07) is 9.71. The predicted octanol–water partition coefficient (Wildman–Crippen LogP) is 2.89. The number of piperazine rings is 1. The van der Waals surface area contributed by atoms with Crippen LogP contribution in [0.4, 0.5) is 23.3 Å². The van der Waals surface area contributed by atoms with E-state index in [9.17, 15) is 0 Å². The van der Waals surface area contributed by atoms with Gasteiger partial charge in [0.2, 0.25) is 5.95 Å². The minimum Gasteiger partial charge on any atom is -0.368 e. The Labute approximate surface area is 155 Å². The second-order valence-corrected chi connectivity index (χ2v) is 6.48. The van der Waals surface area contributed by atoms with Gasteiger partial charge in [-0.2, -0.15) is 10.1 Å². The topological polar surface area (TPSA) is 83.2 Å². The van der Waals surface area contributed by atoms with E-state index < -0.39 is 0 Å². The third-order valence-corrected chi connectivity index (χ3v) is 4.40. The molecule has 4 rings (SSSR count). The zero-order valence-corrected chi connectivity index (χ0v) is 15.0. The summed E-state index contributed by atoms with van der Waals surface area (Å²) in [5.74, 6) is 2.51. The Kier molecular flexibility index (Phi) is 4.57. The van der Waals surface area contributed by atoms with E-state index >= 15 is 0 Å². The molecule has 1 aromatic carbocycles. The van der Waals surface area contributed by atoms with Gasteiger partial charge in [0.1, 0.15) is 5.76 Å². The molecule has 0 atom stereocenters. The number of hydrogen-bond acceptors (Lipinski definition) is 8. The highest BCUT2D eigenvalue weighted by Crippen LogP contribution is 2.22. The molecule has 3 heterocycles. The van der Waals surface area contributed by atoms with E-state index in [1.807, 2.05) is 25.1 Å². The highest BCUT2D eigenvalue weighted by molar-refractivity contribution is 6.30. The summed E-state index contributed by atoms with van der Waals surface area (Å²) >= 11 is 6.09. The van der Waals surface area contributed by atoms with E-state index in [1.54, 1.807) is 12.3 Å². The van der Waals surface area contributed by atoms with E-state index in [-0.39, 0.29) is 0 Å². The Bertz CT molecular complexity index is 892. The first-order valence-electron chi connectivity index (χ1n) is 8.33. The third-order valence-electron chi connectivity index (χ3n) is 4.17. The van der Waals surface area contributed by atoms with Crippen LogP contribution in [0.3, 0.4) is 0 Å². The highest BCUT2D eigenvalue weighted by Gasteiger charge is 2.20. The molecule has 0 amide bonds. The first-order chi connectivity index (χ1) is 12.7. The molecule has 0 unspecified atom stereocenters. The Balaban J connectivity index is 1.42. The van der Waals surface area contributed by atoms with Crippen LogP contribution >= 0.6 is 11.6 Å². The van der Waals surface area contributed by atoms with Gasteiger partial charge < -0.3 is 19.6 Å². The third kappa shape index (κ3) is 3.70. The lowest BCUT2D eigenvalue weighted by Gasteiger charge is -2.36. The fraction of sp³-hybridized carbons (Fsp3) is 0.294. The van der Waals surface area contributed by atoms with E-state index in [2.05, 4.69) is 41.5 Å². The smallest absolute Gasteiger partial charge is 0.247 e. The lowest BCUT2D eigenvalue weighted by molar-refractivity contribution is 0.400. The molecule has 0 bridgehead atoms. The van der Waals surface area contributed by atoms with Gasteiger partial charge in [-0.15, -0.1) is 5.10 Å². The van der Waals surface area contributed by atoms with E-state index in [0.29, 0.717) is 17.6 Å². The molecule has 1 fully saturated rings. The molecular formula is C17H18ClN7O. The SMILES string of the molecule is Cc1cc(Nc2cnnc(N3CCN(c4cccc(Cl)c4)CC3)n2)no1. The molecule has 134 valence electrons. The van der Waals surface area contributed by atoms with Gasteiger partial charge in [0, 0.05) is 43.0 Å². The summed E-state index contributed by atoms with van der Waals surface area (Å²) in [5.41, 5.74) is 1.13. The van der Waals surface area contributed by atoms with Crippen LogP contribution in [0.2, 0.25) is 5.02 Å². The van der Waals surface area contributed by atoms with Gasteiger partial charge in [-0.1, -0.05) is 22.8 Å². The molecule has 0 radical (unpaired) electrons. The average molecular weight is 372 g/mol. The van der Waals surface area contributed by atoms with Crippen molar-refractivity contribution in [2.24, 2.45) is 0 Å². The van der Waals surface area contributed by atoms with Gasteiger partial charge >= 0.3 is 0 Å². The monoisotopic (exact) mass is 371 g/mol. The number of aromatic nitrogens is 4. The van der Waals surface area contributed by atoms with E-state index in [4.69, 9.17) is 16.1 Å². The van der Waals surface area contributed by atoms with E-state index in [1.165, 1.54) is 0 Å². The summed E-state index contributed by atoms with van der Waals surface area (Å²) in [6.45, 7) is 5.18. The lowest BCUT2D eigenvalue weighted by atomic mass is 10.2. The molecule has 3 aromatic rings. The van der Waals surface area contributed by atoms with Crippen LogP contribution in [-0.2, 0) is 0 Å². The maximum absolute atomic E-state index is 6.09. The van der Waals surface area contributed by atoms with Crippen molar-refractivity contribution >= 4 is 34.9 Å². The second kappa shape index (κ2) is 7.17. The molecule has 8 nitrogen and oxygen atoms in total. The average Bonchev–Trinajstić information content (AvgIpc) is 3.07. The largest absolute Gasteiger partial charge is 0.368 e. The summed E-state index contributed by atoms with van der Waals surface area (Å²) < 4.78 is 5.04. The number of aryl methyl sites for hydroxylation is 1. The van der Waals surface area contributed by atoms with Gasteiger partial charge in [-0.05, 0) is 25.1 Å². The normalized spacial score (nSPS) is 14.5. The van der Waals surface area contributed by atoms with Crippen molar-refractivity contribution in [1.29, 1.82) is 0 Å². The van der Waals surface area contributed by atoms with Gasteiger partial charge in [-0.3, -0.25) is 0 Å². The Hall–Kier alpha value is -2.87. The number of hydrogen-bond donors (Lipinski definition) is 1. The van der Waals surface area contributed by atoms with Crippen LogP contribution in [0, 0.1) is 6.92 Å². The molecule has 1 aliphatic heterocycles. The minimum absolute atomic E-state index is 0.584. The zero-order valence-electron chi connectivity index (χ0n) is 14.3. The van der Waals surface area contributed by atoms with Crippen LogP contribution in [-0.4, -0.2) is 46.5 Å². The van der Waals surface area contributed by atoms with Gasteiger partial charge in [-0.25, -0.2) is 0 Å². The molecule has 9 heteroatoms. The number of benzene rings is 1.